The molecule has 2 atom stereocenters. The number of aryl methyl sites for hydroxylation is 2. The number of carboxylic acid groups (broad SMARTS) is 1. The van der Waals surface area contributed by atoms with Crippen LogP contribution < -0.4 is 0 Å². The molecule has 1 aromatic rings. The van der Waals surface area contributed by atoms with Crippen LogP contribution in [0.4, 0.5) is 0 Å². The third-order valence-corrected chi connectivity index (χ3v) is 3.46. The monoisotopic (exact) mass is 282 g/mol. The van der Waals surface area contributed by atoms with E-state index in [0.29, 0.717) is 6.42 Å². The Morgan fingerprint density at radius 2 is 1.95 bits per heavy atom. The lowest BCUT2D eigenvalue weighted by molar-refractivity contribution is -0.142. The highest BCUT2D eigenvalue weighted by Crippen LogP contribution is 2.26. The summed E-state index contributed by atoms with van der Waals surface area (Å²) in [6.07, 6.45) is 0.311. The maximum absolute atomic E-state index is 12.1. The first kappa shape index (κ1) is 16.2. The van der Waals surface area contributed by atoms with Crippen molar-refractivity contribution in [3.63, 3.8) is 0 Å². The molecule has 6 nitrogen and oxygen atoms in total. The highest BCUT2D eigenvalue weighted by molar-refractivity contribution is 5.78. The molecule has 0 fully saturated rings. The number of nitrogens with zero attached hydrogens (tertiary/aromatic N) is 2. The van der Waals surface area contributed by atoms with E-state index >= 15 is 0 Å². The van der Waals surface area contributed by atoms with Gasteiger partial charge in [0, 0.05) is 25.6 Å². The van der Waals surface area contributed by atoms with Gasteiger partial charge in [-0.15, -0.1) is 0 Å². The smallest absolute Gasteiger partial charge is 0.308 e. The molecule has 1 rings (SSSR count). The van der Waals surface area contributed by atoms with Crippen LogP contribution in [0.15, 0.2) is 4.52 Å². The van der Waals surface area contributed by atoms with Crippen molar-refractivity contribution in [3.05, 3.63) is 17.0 Å². The topological polar surface area (TPSA) is 83.6 Å². The van der Waals surface area contributed by atoms with Crippen molar-refractivity contribution in [1.29, 1.82) is 0 Å². The van der Waals surface area contributed by atoms with Crippen LogP contribution >= 0.6 is 0 Å². The van der Waals surface area contributed by atoms with Gasteiger partial charge in [-0.1, -0.05) is 19.0 Å². The second kappa shape index (κ2) is 6.54. The molecule has 0 saturated heterocycles. The van der Waals surface area contributed by atoms with E-state index in [1.807, 2.05) is 20.8 Å². The number of amides is 1. The summed E-state index contributed by atoms with van der Waals surface area (Å²) < 4.78 is 5.10. The normalized spacial score (nSPS) is 13.8. The molecule has 2 unspecified atom stereocenters. The zero-order chi connectivity index (χ0) is 15.4. The molecular formula is C14H22N2O4. The van der Waals surface area contributed by atoms with Crippen molar-refractivity contribution in [1.82, 2.24) is 10.1 Å². The summed E-state index contributed by atoms with van der Waals surface area (Å²) in [4.78, 5) is 24.4. The van der Waals surface area contributed by atoms with Gasteiger partial charge in [-0.05, 0) is 19.8 Å². The maximum atomic E-state index is 12.1. The molecule has 1 amide bonds. The minimum absolute atomic E-state index is 0.00339. The van der Waals surface area contributed by atoms with Crippen molar-refractivity contribution >= 4 is 11.9 Å². The lowest BCUT2D eigenvalue weighted by Crippen LogP contribution is -2.34. The van der Waals surface area contributed by atoms with Gasteiger partial charge in [0.05, 0.1) is 11.6 Å². The van der Waals surface area contributed by atoms with Gasteiger partial charge in [-0.3, -0.25) is 9.59 Å². The summed E-state index contributed by atoms with van der Waals surface area (Å²) in [5.74, 6) is -0.826. The summed E-state index contributed by atoms with van der Waals surface area (Å²) >= 11 is 0. The molecule has 1 aromatic heterocycles. The Balaban J connectivity index is 2.64. The maximum Gasteiger partial charge on any atom is 0.308 e. The number of carbonyl (C=O) groups excluding carboxylic acids is 1. The Morgan fingerprint density at radius 3 is 2.40 bits per heavy atom. The minimum atomic E-state index is -0.900. The van der Waals surface area contributed by atoms with Gasteiger partial charge in [-0.2, -0.15) is 0 Å². The number of carbonyl (C=O) groups is 2. The molecule has 0 aliphatic heterocycles. The van der Waals surface area contributed by atoms with Gasteiger partial charge in [-0.25, -0.2) is 0 Å². The Kier molecular flexibility index (Phi) is 5.30. The molecule has 1 N–H and O–H groups in total. The molecule has 0 saturated carbocycles. The average molecular weight is 282 g/mol. The summed E-state index contributed by atoms with van der Waals surface area (Å²) in [5, 5.41) is 12.7. The first-order chi connectivity index (χ1) is 9.23. The largest absolute Gasteiger partial charge is 0.481 e. The highest BCUT2D eigenvalue weighted by atomic mass is 16.5. The van der Waals surface area contributed by atoms with Crippen LogP contribution in [-0.2, 0) is 9.59 Å². The Hall–Kier alpha value is -1.85. The second-order valence-corrected chi connectivity index (χ2v) is 5.36. The summed E-state index contributed by atoms with van der Waals surface area (Å²) in [7, 11) is 1.63. The van der Waals surface area contributed by atoms with Crippen molar-refractivity contribution in [2.75, 3.05) is 13.6 Å². The second-order valence-electron chi connectivity index (χ2n) is 5.36. The fraction of sp³-hybridized carbons (Fsp3) is 0.643. The van der Waals surface area contributed by atoms with Gasteiger partial charge >= 0.3 is 5.97 Å². The van der Waals surface area contributed by atoms with Gasteiger partial charge in [0.15, 0.2) is 0 Å². The predicted octanol–water partition coefficient (Wildman–Crippen LogP) is 1.96. The lowest BCUT2D eigenvalue weighted by atomic mass is 9.95. The molecule has 6 heteroatoms. The SMILES string of the molecule is Cc1noc(C)c1C(C)CC(=O)N(C)CC(C)C(=O)O. The quantitative estimate of drug-likeness (QED) is 0.862. The van der Waals surface area contributed by atoms with E-state index in [2.05, 4.69) is 5.16 Å². The third kappa shape index (κ3) is 3.82. The molecule has 0 aromatic carbocycles. The molecule has 0 aliphatic rings. The summed E-state index contributed by atoms with van der Waals surface area (Å²) in [6, 6.07) is 0. The standard InChI is InChI=1S/C14H22N2O4/c1-8(13-10(3)15-20-11(13)4)6-12(17)16(5)7-9(2)14(18)19/h8-9H,6-7H2,1-5H3,(H,18,19). The number of hydrogen-bond acceptors (Lipinski definition) is 4. The first-order valence-electron chi connectivity index (χ1n) is 6.63. The number of aliphatic carboxylic acids is 1. The lowest BCUT2D eigenvalue weighted by Gasteiger charge is -2.21. The molecular weight excluding hydrogens is 260 g/mol. The van der Waals surface area contributed by atoms with E-state index in [1.54, 1.807) is 14.0 Å². The van der Waals surface area contributed by atoms with Gasteiger partial charge in [0.1, 0.15) is 5.76 Å². The van der Waals surface area contributed by atoms with Crippen molar-refractivity contribution in [2.24, 2.45) is 5.92 Å². The van der Waals surface area contributed by atoms with Crippen LogP contribution in [-0.4, -0.2) is 40.6 Å². The summed E-state index contributed by atoms with van der Waals surface area (Å²) in [5.41, 5.74) is 1.75. The van der Waals surface area contributed by atoms with Crippen LogP contribution in [0.3, 0.4) is 0 Å². The molecule has 0 spiro atoms. The van der Waals surface area contributed by atoms with Crippen molar-refractivity contribution in [3.8, 4) is 0 Å². The molecule has 0 radical (unpaired) electrons. The van der Waals surface area contributed by atoms with Gasteiger partial charge in [0.2, 0.25) is 5.91 Å². The van der Waals surface area contributed by atoms with Crippen LogP contribution in [0.25, 0.3) is 0 Å². The van der Waals surface area contributed by atoms with E-state index in [4.69, 9.17) is 9.63 Å². The molecule has 0 aliphatic carbocycles. The van der Waals surface area contributed by atoms with Gasteiger partial charge < -0.3 is 14.5 Å². The van der Waals surface area contributed by atoms with E-state index in [1.165, 1.54) is 4.90 Å². The summed E-state index contributed by atoms with van der Waals surface area (Å²) in [6.45, 7) is 7.42. The molecule has 1 heterocycles. The molecule has 0 bridgehead atoms. The average Bonchev–Trinajstić information content (AvgIpc) is 2.68. The third-order valence-electron chi connectivity index (χ3n) is 3.46. The Morgan fingerprint density at radius 1 is 1.35 bits per heavy atom. The number of carboxylic acids is 1. The van der Waals surface area contributed by atoms with Crippen LogP contribution in [0.2, 0.25) is 0 Å². The molecule has 20 heavy (non-hydrogen) atoms. The van der Waals surface area contributed by atoms with E-state index in [0.717, 1.165) is 17.0 Å². The fourth-order valence-corrected chi connectivity index (χ4v) is 2.30. The Bertz CT molecular complexity index is 476. The van der Waals surface area contributed by atoms with E-state index in [9.17, 15) is 9.59 Å². The highest BCUT2D eigenvalue weighted by Gasteiger charge is 2.22. The first-order valence-corrected chi connectivity index (χ1v) is 6.63. The van der Waals surface area contributed by atoms with Crippen molar-refractivity contribution in [2.45, 2.75) is 40.0 Å². The van der Waals surface area contributed by atoms with Crippen LogP contribution in [0.1, 0.15) is 43.2 Å². The van der Waals surface area contributed by atoms with E-state index < -0.39 is 11.9 Å². The van der Waals surface area contributed by atoms with Crippen LogP contribution in [0, 0.1) is 19.8 Å². The zero-order valence-corrected chi connectivity index (χ0v) is 12.6. The number of rotatable bonds is 6. The number of hydrogen-bond donors (Lipinski definition) is 1. The fourth-order valence-electron chi connectivity index (χ4n) is 2.30. The van der Waals surface area contributed by atoms with Gasteiger partial charge in [0.25, 0.3) is 0 Å². The van der Waals surface area contributed by atoms with Crippen LogP contribution in [0.5, 0.6) is 0 Å². The number of aromatic nitrogens is 1. The van der Waals surface area contributed by atoms with E-state index in [-0.39, 0.29) is 18.4 Å². The van der Waals surface area contributed by atoms with Crippen molar-refractivity contribution < 1.29 is 19.2 Å². The predicted molar refractivity (Wildman–Crippen MR) is 73.4 cm³/mol. The minimum Gasteiger partial charge on any atom is -0.481 e. The zero-order valence-electron chi connectivity index (χ0n) is 12.6. The molecule has 112 valence electrons. The Labute approximate surface area is 118 Å².